The van der Waals surface area contributed by atoms with Crippen molar-refractivity contribution in [2.45, 2.75) is 18.9 Å². The van der Waals surface area contributed by atoms with E-state index in [1.54, 1.807) is 0 Å². The lowest BCUT2D eigenvalue weighted by atomic mass is 9.75. The van der Waals surface area contributed by atoms with Gasteiger partial charge in [-0.2, -0.15) is 0 Å². The van der Waals surface area contributed by atoms with Gasteiger partial charge in [-0.1, -0.05) is 6.07 Å². The van der Waals surface area contributed by atoms with Gasteiger partial charge in [0.05, 0.1) is 0 Å². The topological polar surface area (TPSA) is 54.2 Å². The molecule has 92 valence electrons. The van der Waals surface area contributed by atoms with Crippen molar-refractivity contribution in [2.24, 2.45) is 11.1 Å². The number of rotatable bonds is 1. The average Bonchev–Trinajstić information content (AvgIpc) is 2.69. The van der Waals surface area contributed by atoms with Crippen LogP contribution in [0.5, 0.6) is 0 Å². The molecule has 2 saturated heterocycles. The highest BCUT2D eigenvalue weighted by Crippen LogP contribution is 2.39. The van der Waals surface area contributed by atoms with Crippen LogP contribution >= 0.6 is 0 Å². The van der Waals surface area contributed by atoms with Gasteiger partial charge in [-0.25, -0.2) is 4.98 Å². The van der Waals surface area contributed by atoms with Gasteiger partial charge in [0.1, 0.15) is 5.82 Å². The molecule has 1 aromatic rings. The van der Waals surface area contributed by atoms with Crippen LogP contribution in [0.2, 0.25) is 0 Å². The number of nitrogens with one attached hydrogen (secondary N) is 1. The van der Waals surface area contributed by atoms with Crippen molar-refractivity contribution >= 4 is 5.82 Å². The summed E-state index contributed by atoms with van der Waals surface area (Å²) in [5.74, 6) is 1.07. The Kier molecular flexibility index (Phi) is 2.76. The molecule has 2 aliphatic rings. The van der Waals surface area contributed by atoms with Crippen LogP contribution in [0, 0.1) is 5.41 Å². The Balaban J connectivity index is 1.79. The maximum atomic E-state index is 6.37. The first kappa shape index (κ1) is 11.0. The fraction of sp³-hybridized carbons (Fsp3) is 0.615. The van der Waals surface area contributed by atoms with E-state index in [0.717, 1.165) is 32.0 Å². The second kappa shape index (κ2) is 4.27. The summed E-state index contributed by atoms with van der Waals surface area (Å²) in [6.45, 7) is 4.21. The van der Waals surface area contributed by atoms with Crippen molar-refractivity contribution in [1.29, 1.82) is 0 Å². The van der Waals surface area contributed by atoms with Gasteiger partial charge in [-0.15, -0.1) is 0 Å². The van der Waals surface area contributed by atoms with Crippen LogP contribution < -0.4 is 16.0 Å². The molecule has 1 aromatic heterocycles. The van der Waals surface area contributed by atoms with E-state index in [-0.39, 0.29) is 6.04 Å². The molecule has 0 saturated carbocycles. The summed E-state index contributed by atoms with van der Waals surface area (Å²) < 4.78 is 0. The molecule has 1 unspecified atom stereocenters. The molecule has 4 nitrogen and oxygen atoms in total. The lowest BCUT2D eigenvalue weighted by Crippen LogP contribution is -2.47. The lowest BCUT2D eigenvalue weighted by molar-refractivity contribution is 0.205. The average molecular weight is 232 g/mol. The number of nitrogens with two attached hydrogens (primary N) is 1. The third-order valence-corrected chi connectivity index (χ3v) is 4.28. The molecule has 0 radical (unpaired) electrons. The molecule has 3 heterocycles. The van der Waals surface area contributed by atoms with Gasteiger partial charge in [0.15, 0.2) is 0 Å². The molecule has 3 rings (SSSR count). The van der Waals surface area contributed by atoms with E-state index in [1.807, 2.05) is 18.3 Å². The molecule has 0 bridgehead atoms. The summed E-state index contributed by atoms with van der Waals surface area (Å²) in [5.41, 5.74) is 6.68. The Morgan fingerprint density at radius 3 is 2.88 bits per heavy atom. The van der Waals surface area contributed by atoms with Crippen LogP contribution in [0.4, 0.5) is 5.82 Å². The van der Waals surface area contributed by atoms with Gasteiger partial charge < -0.3 is 16.0 Å². The molecular formula is C13H20N4. The minimum absolute atomic E-state index is 0.284. The third kappa shape index (κ3) is 1.91. The lowest BCUT2D eigenvalue weighted by Gasteiger charge is -2.36. The number of nitrogens with zero attached hydrogens (tertiary/aromatic N) is 2. The Hall–Kier alpha value is -1.13. The minimum atomic E-state index is 0.284. The maximum Gasteiger partial charge on any atom is 0.128 e. The Morgan fingerprint density at radius 1 is 1.35 bits per heavy atom. The Labute approximate surface area is 102 Å². The van der Waals surface area contributed by atoms with Crippen molar-refractivity contribution in [3.63, 3.8) is 0 Å². The highest BCUT2D eigenvalue weighted by atomic mass is 15.2. The van der Waals surface area contributed by atoms with Crippen molar-refractivity contribution in [2.75, 3.05) is 31.1 Å². The summed E-state index contributed by atoms with van der Waals surface area (Å²) in [5, 5.41) is 3.42. The minimum Gasteiger partial charge on any atom is -0.354 e. The predicted molar refractivity (Wildman–Crippen MR) is 69.0 cm³/mol. The van der Waals surface area contributed by atoms with Crippen LogP contribution in [0.15, 0.2) is 24.4 Å². The van der Waals surface area contributed by atoms with Gasteiger partial charge in [-0.05, 0) is 38.1 Å². The van der Waals surface area contributed by atoms with E-state index < -0.39 is 0 Å². The zero-order valence-corrected chi connectivity index (χ0v) is 10.1. The summed E-state index contributed by atoms with van der Waals surface area (Å²) >= 11 is 0. The van der Waals surface area contributed by atoms with Crippen molar-refractivity contribution < 1.29 is 0 Å². The summed E-state index contributed by atoms with van der Waals surface area (Å²) in [4.78, 5) is 6.77. The van der Waals surface area contributed by atoms with Gasteiger partial charge in [-0.3, -0.25) is 0 Å². The zero-order valence-electron chi connectivity index (χ0n) is 10.1. The number of hydrogen-bond acceptors (Lipinski definition) is 4. The largest absolute Gasteiger partial charge is 0.354 e. The van der Waals surface area contributed by atoms with Crippen LogP contribution in [-0.4, -0.2) is 37.2 Å². The molecule has 2 fully saturated rings. The van der Waals surface area contributed by atoms with E-state index >= 15 is 0 Å². The number of aromatic nitrogens is 1. The van der Waals surface area contributed by atoms with Crippen LogP contribution in [0.3, 0.4) is 0 Å². The van der Waals surface area contributed by atoms with E-state index in [1.165, 1.54) is 12.8 Å². The van der Waals surface area contributed by atoms with Gasteiger partial charge >= 0.3 is 0 Å². The molecule has 1 atom stereocenters. The molecule has 0 amide bonds. The number of pyridine rings is 1. The van der Waals surface area contributed by atoms with Gasteiger partial charge in [0.2, 0.25) is 0 Å². The quantitative estimate of drug-likeness (QED) is 0.744. The molecule has 1 spiro atoms. The predicted octanol–water partition coefficient (Wildman–Crippen LogP) is 0.599. The second-order valence-electron chi connectivity index (χ2n) is 5.29. The first-order chi connectivity index (χ1) is 8.30. The van der Waals surface area contributed by atoms with Crippen molar-refractivity contribution in [3.8, 4) is 0 Å². The van der Waals surface area contributed by atoms with Crippen LogP contribution in [-0.2, 0) is 0 Å². The van der Waals surface area contributed by atoms with E-state index in [9.17, 15) is 0 Å². The Morgan fingerprint density at radius 2 is 2.18 bits per heavy atom. The first-order valence-corrected chi connectivity index (χ1v) is 6.42. The zero-order chi connectivity index (χ0) is 11.7. The van der Waals surface area contributed by atoms with E-state index in [2.05, 4.69) is 21.3 Å². The Bertz CT molecular complexity index is 372. The van der Waals surface area contributed by atoms with E-state index in [4.69, 9.17) is 5.73 Å². The highest BCUT2D eigenvalue weighted by molar-refractivity contribution is 5.41. The standard InChI is InChI=1S/C13H20N4/c14-11-9-17(12-3-1-2-6-16-12)10-13(11)4-7-15-8-5-13/h1-3,6,11,15H,4-5,7-10,14H2. The number of hydrogen-bond donors (Lipinski definition) is 2. The monoisotopic (exact) mass is 232 g/mol. The van der Waals surface area contributed by atoms with Crippen LogP contribution in [0.1, 0.15) is 12.8 Å². The highest BCUT2D eigenvalue weighted by Gasteiger charge is 2.45. The third-order valence-electron chi connectivity index (χ3n) is 4.28. The fourth-order valence-electron chi connectivity index (χ4n) is 3.16. The summed E-state index contributed by atoms with van der Waals surface area (Å²) in [6.07, 6.45) is 4.24. The van der Waals surface area contributed by atoms with Crippen molar-refractivity contribution in [1.82, 2.24) is 10.3 Å². The molecule has 3 N–H and O–H groups in total. The molecule has 17 heavy (non-hydrogen) atoms. The van der Waals surface area contributed by atoms with Gasteiger partial charge in [0.25, 0.3) is 0 Å². The normalized spacial score (nSPS) is 27.6. The van der Waals surface area contributed by atoms with Crippen LogP contribution in [0.25, 0.3) is 0 Å². The molecule has 4 heteroatoms. The summed E-state index contributed by atoms with van der Waals surface area (Å²) in [7, 11) is 0. The number of anilines is 1. The maximum absolute atomic E-state index is 6.37. The molecule has 0 aromatic carbocycles. The number of piperidine rings is 1. The fourth-order valence-corrected chi connectivity index (χ4v) is 3.16. The SMILES string of the molecule is NC1CN(c2ccccn2)CC12CCNCC2. The molecule has 0 aliphatic carbocycles. The summed E-state index contributed by atoms with van der Waals surface area (Å²) in [6, 6.07) is 6.36. The van der Waals surface area contributed by atoms with Gasteiger partial charge in [0, 0.05) is 30.7 Å². The van der Waals surface area contributed by atoms with E-state index in [0.29, 0.717) is 5.41 Å². The van der Waals surface area contributed by atoms with Crippen molar-refractivity contribution in [3.05, 3.63) is 24.4 Å². The second-order valence-corrected chi connectivity index (χ2v) is 5.29. The molecular weight excluding hydrogens is 212 g/mol. The first-order valence-electron chi connectivity index (χ1n) is 6.42. The smallest absolute Gasteiger partial charge is 0.128 e. The molecule has 2 aliphatic heterocycles.